The average Bonchev–Trinajstić information content (AvgIpc) is 2.84. The van der Waals surface area contributed by atoms with Crippen LogP contribution in [0.2, 0.25) is 0 Å². The normalized spacial score (nSPS) is 12.4. The predicted octanol–water partition coefficient (Wildman–Crippen LogP) is 2.06. The van der Waals surface area contributed by atoms with Crippen molar-refractivity contribution in [1.29, 1.82) is 0 Å². The minimum absolute atomic E-state index is 0.0320. The summed E-state index contributed by atoms with van der Waals surface area (Å²) in [4.78, 5) is 26.4. The molecule has 0 aliphatic carbocycles. The van der Waals surface area contributed by atoms with Crippen LogP contribution in [-0.4, -0.2) is 25.8 Å². The molecule has 1 heterocycles. The zero-order valence-electron chi connectivity index (χ0n) is 13.8. The Morgan fingerprint density at radius 1 is 1.32 bits per heavy atom. The lowest BCUT2D eigenvalue weighted by molar-refractivity contribution is -0.134. The van der Waals surface area contributed by atoms with Crippen LogP contribution in [0.3, 0.4) is 0 Å². The fraction of sp³-hybridized carbons (Fsp3) is 0.375. The summed E-state index contributed by atoms with van der Waals surface area (Å²) in [5, 5.41) is 19.1. The summed E-state index contributed by atoms with van der Waals surface area (Å²) in [6.07, 6.45) is 0. The Bertz CT molecular complexity index is 782. The number of nitrogens with one attached hydrogen (secondary N) is 2. The lowest BCUT2D eigenvalue weighted by Crippen LogP contribution is -2.37. The molecule has 0 radical (unpaired) electrons. The van der Waals surface area contributed by atoms with Gasteiger partial charge in [0.25, 0.3) is 5.91 Å². The number of hydrogen-bond acceptors (Lipinski definition) is 5. The van der Waals surface area contributed by atoms with Gasteiger partial charge in [-0.2, -0.15) is 0 Å². The third-order valence-electron chi connectivity index (χ3n) is 3.69. The highest BCUT2D eigenvalue weighted by atomic mass is 79.9. The number of carbonyl (C=O) groups is 1. The van der Waals surface area contributed by atoms with Crippen LogP contribution in [0.5, 0.6) is 5.88 Å². The molecule has 25 heavy (non-hydrogen) atoms. The Balaban J connectivity index is 2.14. The molecule has 9 heteroatoms. The number of carbonyl (C=O) groups excluding carboxylic acids is 1. The fourth-order valence-electron chi connectivity index (χ4n) is 2.48. The summed E-state index contributed by atoms with van der Waals surface area (Å²) in [7, 11) is 0. The van der Waals surface area contributed by atoms with Gasteiger partial charge in [-0.3, -0.25) is 10.0 Å². The van der Waals surface area contributed by atoms with Gasteiger partial charge in [-0.15, -0.1) is 0 Å². The second-order valence-electron chi connectivity index (χ2n) is 5.89. The van der Waals surface area contributed by atoms with Crippen LogP contribution in [-0.2, 0) is 22.7 Å². The van der Waals surface area contributed by atoms with E-state index in [1.54, 1.807) is 13.8 Å². The number of benzene rings is 1. The third-order valence-corrected chi connectivity index (χ3v) is 4.22. The van der Waals surface area contributed by atoms with E-state index >= 15 is 0 Å². The minimum Gasteiger partial charge on any atom is -0.493 e. The molecule has 2 rings (SSSR count). The van der Waals surface area contributed by atoms with Crippen molar-refractivity contribution >= 4 is 21.8 Å². The quantitative estimate of drug-likeness (QED) is 0.409. The maximum atomic E-state index is 12.1. The number of imidazole rings is 1. The van der Waals surface area contributed by atoms with Crippen LogP contribution in [0.15, 0.2) is 33.5 Å². The number of hydrogen-bond donors (Lipinski definition) is 4. The largest absolute Gasteiger partial charge is 0.493 e. The molecule has 0 fully saturated rings. The zero-order chi connectivity index (χ0) is 18.6. The Kier molecular flexibility index (Phi) is 6.40. The van der Waals surface area contributed by atoms with Gasteiger partial charge in [-0.1, -0.05) is 41.9 Å². The topological polar surface area (TPSA) is 117 Å². The molecule has 2 aromatic rings. The minimum atomic E-state index is -1.05. The zero-order valence-corrected chi connectivity index (χ0v) is 15.4. The van der Waals surface area contributed by atoms with E-state index in [0.29, 0.717) is 6.61 Å². The number of aromatic hydroxyl groups is 1. The van der Waals surface area contributed by atoms with Crippen molar-refractivity contribution in [2.75, 3.05) is 0 Å². The summed E-state index contributed by atoms with van der Waals surface area (Å²) in [6, 6.07) is 6.50. The first kappa shape index (κ1) is 19.2. The number of aromatic amines is 1. The number of rotatable bonds is 7. The van der Waals surface area contributed by atoms with Gasteiger partial charge in [-0.25, -0.2) is 14.8 Å². The van der Waals surface area contributed by atoms with Crippen molar-refractivity contribution in [3.05, 3.63) is 50.5 Å². The highest BCUT2D eigenvalue weighted by molar-refractivity contribution is 9.10. The van der Waals surface area contributed by atoms with Crippen molar-refractivity contribution in [2.45, 2.75) is 33.1 Å². The fourth-order valence-corrected chi connectivity index (χ4v) is 2.75. The first-order valence-electron chi connectivity index (χ1n) is 7.63. The van der Waals surface area contributed by atoms with Gasteiger partial charge in [0.2, 0.25) is 5.88 Å². The Morgan fingerprint density at radius 3 is 2.52 bits per heavy atom. The van der Waals surface area contributed by atoms with Gasteiger partial charge in [0.15, 0.2) is 0 Å². The van der Waals surface area contributed by atoms with E-state index in [1.807, 2.05) is 24.3 Å². The van der Waals surface area contributed by atoms with Gasteiger partial charge in [0.05, 0.1) is 13.2 Å². The number of amides is 1. The van der Waals surface area contributed by atoms with Crippen molar-refractivity contribution in [2.24, 2.45) is 5.92 Å². The lowest BCUT2D eigenvalue weighted by atomic mass is 10.0. The molecule has 4 N–H and O–H groups in total. The van der Waals surface area contributed by atoms with Gasteiger partial charge < -0.3 is 14.8 Å². The molecule has 136 valence electrons. The van der Waals surface area contributed by atoms with Gasteiger partial charge in [0, 0.05) is 4.47 Å². The number of aromatic nitrogens is 2. The molecule has 8 nitrogen and oxygen atoms in total. The van der Waals surface area contributed by atoms with Crippen molar-refractivity contribution in [3.8, 4) is 5.88 Å². The first-order chi connectivity index (χ1) is 11.8. The molecule has 1 aromatic carbocycles. The van der Waals surface area contributed by atoms with Crippen molar-refractivity contribution < 1.29 is 19.8 Å². The van der Waals surface area contributed by atoms with Crippen molar-refractivity contribution in [3.63, 3.8) is 0 Å². The van der Waals surface area contributed by atoms with Gasteiger partial charge in [0.1, 0.15) is 11.7 Å². The molecule has 0 saturated heterocycles. The highest BCUT2D eigenvalue weighted by Gasteiger charge is 2.29. The molecule has 1 amide bonds. The second kappa shape index (κ2) is 8.32. The van der Waals surface area contributed by atoms with Crippen LogP contribution in [0.1, 0.15) is 31.1 Å². The Labute approximate surface area is 152 Å². The molecular weight excluding hydrogens is 394 g/mol. The Hall–Kier alpha value is -2.10. The molecule has 0 spiro atoms. The van der Waals surface area contributed by atoms with E-state index < -0.39 is 17.6 Å². The number of nitrogens with zero attached hydrogens (tertiary/aromatic N) is 1. The predicted molar refractivity (Wildman–Crippen MR) is 93.2 cm³/mol. The average molecular weight is 414 g/mol. The summed E-state index contributed by atoms with van der Waals surface area (Å²) in [5.41, 5.74) is 1.97. The molecular formula is C16H20BrN3O5. The molecule has 1 aromatic heterocycles. The van der Waals surface area contributed by atoms with E-state index in [0.717, 1.165) is 14.6 Å². The third kappa shape index (κ3) is 4.50. The van der Waals surface area contributed by atoms with Crippen LogP contribution in [0.4, 0.5) is 0 Å². The van der Waals surface area contributed by atoms with E-state index in [9.17, 15) is 14.7 Å². The van der Waals surface area contributed by atoms with E-state index in [-0.39, 0.29) is 24.1 Å². The number of H-pyrrole nitrogens is 1. The van der Waals surface area contributed by atoms with Crippen molar-refractivity contribution in [1.82, 2.24) is 15.0 Å². The smallest absolute Gasteiger partial charge is 0.329 e. The summed E-state index contributed by atoms with van der Waals surface area (Å²) < 4.78 is 7.38. The standard InChI is InChI=1S/C16H20BrN3O5/c1-9(2)13(14(21)19-24)20-15(22)12(18-16(20)23)8-25-7-10-3-5-11(17)6-4-10/h3-6,9,13,22,24H,7-8H2,1-2H3,(H,18,23)(H,19,21). The van der Waals surface area contributed by atoms with Crippen LogP contribution in [0.25, 0.3) is 0 Å². The summed E-state index contributed by atoms with van der Waals surface area (Å²) in [5.74, 6) is -1.50. The van der Waals surface area contributed by atoms with Crippen LogP contribution >= 0.6 is 15.9 Å². The SMILES string of the molecule is CC(C)C(C(=O)NO)n1c(O)c(COCc2ccc(Br)cc2)[nH]c1=O. The molecule has 0 bridgehead atoms. The first-order valence-corrected chi connectivity index (χ1v) is 8.43. The number of ether oxygens (including phenoxy) is 1. The molecule has 0 saturated carbocycles. The second-order valence-corrected chi connectivity index (χ2v) is 6.80. The maximum absolute atomic E-state index is 12.1. The van der Waals surface area contributed by atoms with Crippen LogP contribution in [0, 0.1) is 5.92 Å². The Morgan fingerprint density at radius 2 is 1.96 bits per heavy atom. The van der Waals surface area contributed by atoms with Gasteiger partial charge >= 0.3 is 5.69 Å². The van der Waals surface area contributed by atoms with Gasteiger partial charge in [-0.05, 0) is 23.6 Å². The summed E-state index contributed by atoms with van der Waals surface area (Å²) >= 11 is 3.35. The van der Waals surface area contributed by atoms with E-state index in [1.165, 1.54) is 5.48 Å². The lowest BCUT2D eigenvalue weighted by Gasteiger charge is -2.19. The molecule has 1 unspecified atom stereocenters. The monoisotopic (exact) mass is 413 g/mol. The number of hydroxylamine groups is 1. The summed E-state index contributed by atoms with van der Waals surface area (Å²) in [6.45, 7) is 3.66. The van der Waals surface area contributed by atoms with E-state index in [2.05, 4.69) is 20.9 Å². The maximum Gasteiger partial charge on any atom is 0.329 e. The number of halogens is 1. The molecule has 0 aliphatic rings. The molecule has 0 aliphatic heterocycles. The van der Waals surface area contributed by atoms with Crippen LogP contribution < -0.4 is 11.2 Å². The van der Waals surface area contributed by atoms with E-state index in [4.69, 9.17) is 9.94 Å². The molecule has 1 atom stereocenters. The highest BCUT2D eigenvalue weighted by Crippen LogP contribution is 2.24.